The Kier molecular flexibility index (Phi) is 5.21. The van der Waals surface area contributed by atoms with Crippen LogP contribution in [0.25, 0.3) is 0 Å². The van der Waals surface area contributed by atoms with Crippen LogP contribution in [0, 0.1) is 0 Å². The van der Waals surface area contributed by atoms with Gasteiger partial charge in [0, 0.05) is 18.6 Å². The number of nitrogens with one attached hydrogen (secondary N) is 2. The molecule has 0 unspecified atom stereocenters. The van der Waals surface area contributed by atoms with Crippen LogP contribution in [0.5, 0.6) is 0 Å². The Hall–Kier alpha value is -0.810. The van der Waals surface area contributed by atoms with Gasteiger partial charge in [0.05, 0.1) is 27.7 Å². The Morgan fingerprint density at radius 2 is 1.79 bits per heavy atom. The fourth-order valence-corrected chi connectivity index (χ4v) is 1.98. The topological polar surface area (TPSA) is 50.4 Å². The predicted octanol–water partition coefficient (Wildman–Crippen LogP) is 1.34. The molecule has 19 heavy (non-hydrogen) atoms. The molecule has 5 heteroatoms. The fraction of sp³-hybridized carbons (Fsp3) is 0.929. The lowest BCUT2D eigenvalue weighted by Gasteiger charge is -2.37. The number of carbonyl (C=O) groups excluding carboxylic acids is 1. The molecule has 0 aliphatic heterocycles. The first-order chi connectivity index (χ1) is 8.55. The van der Waals surface area contributed by atoms with Crippen molar-refractivity contribution in [2.75, 3.05) is 34.2 Å². The van der Waals surface area contributed by atoms with E-state index in [4.69, 9.17) is 4.74 Å². The van der Waals surface area contributed by atoms with E-state index in [9.17, 15) is 4.79 Å². The number of hydrogen-bond donors (Lipinski definition) is 2. The molecule has 0 radical (unpaired) electrons. The number of alkyl carbamates (subject to hydrolysis) is 1. The van der Waals surface area contributed by atoms with E-state index in [1.165, 1.54) is 0 Å². The standard InChI is InChI=1S/C14H29N3O2/c1-14(2,3)19-13(18)16-12-9-11(10-12)15-7-8-17(4,5)6/h11-12,15H,7-10H2,1-6H3/p+1. The minimum atomic E-state index is -0.421. The van der Waals surface area contributed by atoms with Gasteiger partial charge in [-0.25, -0.2) is 4.79 Å². The smallest absolute Gasteiger partial charge is 0.407 e. The van der Waals surface area contributed by atoms with Gasteiger partial charge in [0.15, 0.2) is 0 Å². The van der Waals surface area contributed by atoms with E-state index in [-0.39, 0.29) is 12.1 Å². The third-order valence-corrected chi connectivity index (χ3v) is 3.07. The summed E-state index contributed by atoms with van der Waals surface area (Å²) in [6.07, 6.45) is 1.69. The molecule has 1 amide bonds. The maximum Gasteiger partial charge on any atom is 0.407 e. The van der Waals surface area contributed by atoms with Crippen LogP contribution in [0.3, 0.4) is 0 Å². The van der Waals surface area contributed by atoms with Gasteiger partial charge < -0.3 is 19.9 Å². The molecule has 5 nitrogen and oxygen atoms in total. The minimum absolute atomic E-state index is 0.261. The van der Waals surface area contributed by atoms with Crippen LogP contribution in [0.15, 0.2) is 0 Å². The zero-order valence-electron chi connectivity index (χ0n) is 13.2. The van der Waals surface area contributed by atoms with Crippen LogP contribution < -0.4 is 10.6 Å². The van der Waals surface area contributed by atoms with Crippen molar-refractivity contribution in [3.63, 3.8) is 0 Å². The van der Waals surface area contributed by atoms with Gasteiger partial charge in [-0.05, 0) is 33.6 Å². The SMILES string of the molecule is CC(C)(C)OC(=O)NC1CC(NCC[N+](C)(C)C)C1. The molecule has 1 fully saturated rings. The summed E-state index contributed by atoms with van der Waals surface area (Å²) in [7, 11) is 6.57. The highest BCUT2D eigenvalue weighted by Crippen LogP contribution is 2.20. The Morgan fingerprint density at radius 1 is 1.21 bits per heavy atom. The number of rotatable bonds is 5. The third kappa shape index (κ3) is 7.38. The van der Waals surface area contributed by atoms with Crippen molar-refractivity contribution in [3.05, 3.63) is 0 Å². The molecule has 112 valence electrons. The van der Waals surface area contributed by atoms with E-state index in [0.29, 0.717) is 6.04 Å². The first kappa shape index (κ1) is 16.2. The number of hydrogen-bond acceptors (Lipinski definition) is 3. The first-order valence-corrected chi connectivity index (χ1v) is 7.08. The number of ether oxygens (including phenoxy) is 1. The lowest BCUT2D eigenvalue weighted by atomic mass is 9.87. The predicted molar refractivity (Wildman–Crippen MR) is 77.1 cm³/mol. The van der Waals surface area contributed by atoms with E-state index in [1.54, 1.807) is 0 Å². The zero-order chi connectivity index (χ0) is 14.7. The van der Waals surface area contributed by atoms with Gasteiger partial charge >= 0.3 is 6.09 Å². The van der Waals surface area contributed by atoms with Crippen LogP contribution in [0.1, 0.15) is 33.6 Å². The number of nitrogens with zero attached hydrogens (tertiary/aromatic N) is 1. The largest absolute Gasteiger partial charge is 0.444 e. The average molecular weight is 272 g/mol. The molecular formula is C14H30N3O2+. The first-order valence-electron chi connectivity index (χ1n) is 7.08. The minimum Gasteiger partial charge on any atom is -0.444 e. The Labute approximate surface area is 117 Å². The molecule has 2 N–H and O–H groups in total. The van der Waals surface area contributed by atoms with Gasteiger partial charge in [0.25, 0.3) is 0 Å². The van der Waals surface area contributed by atoms with Crippen LogP contribution >= 0.6 is 0 Å². The number of carbonyl (C=O) groups is 1. The second kappa shape index (κ2) is 6.09. The molecule has 0 saturated heterocycles. The van der Waals surface area contributed by atoms with Crippen LogP contribution in [0.4, 0.5) is 4.79 Å². The van der Waals surface area contributed by atoms with Crippen molar-refractivity contribution in [1.82, 2.24) is 10.6 Å². The Balaban J connectivity index is 2.09. The second-order valence-electron chi connectivity index (χ2n) is 7.48. The van der Waals surface area contributed by atoms with Crippen LogP contribution in [-0.4, -0.2) is 62.5 Å². The molecule has 0 spiro atoms. The lowest BCUT2D eigenvalue weighted by molar-refractivity contribution is -0.869. The third-order valence-electron chi connectivity index (χ3n) is 3.07. The van der Waals surface area contributed by atoms with Crippen molar-refractivity contribution in [1.29, 1.82) is 0 Å². The number of quaternary nitrogens is 1. The molecule has 0 bridgehead atoms. The van der Waals surface area contributed by atoms with Crippen molar-refractivity contribution in [2.24, 2.45) is 0 Å². The zero-order valence-corrected chi connectivity index (χ0v) is 13.2. The van der Waals surface area contributed by atoms with Gasteiger partial charge in [-0.1, -0.05) is 0 Å². The molecule has 1 aliphatic rings. The average Bonchev–Trinajstić information content (AvgIpc) is 2.08. The van der Waals surface area contributed by atoms with E-state index >= 15 is 0 Å². The molecule has 0 aromatic carbocycles. The second-order valence-corrected chi connectivity index (χ2v) is 7.48. The molecule has 0 aromatic rings. The highest BCUT2D eigenvalue weighted by atomic mass is 16.6. The Bertz CT molecular complexity index is 299. The van der Waals surface area contributed by atoms with Crippen LogP contribution in [-0.2, 0) is 4.74 Å². The summed E-state index contributed by atoms with van der Waals surface area (Å²) in [5.74, 6) is 0. The molecule has 1 rings (SSSR count). The van der Waals surface area contributed by atoms with Gasteiger partial charge in [-0.3, -0.25) is 0 Å². The Morgan fingerprint density at radius 3 is 2.26 bits per heavy atom. The fourth-order valence-electron chi connectivity index (χ4n) is 1.98. The molecular weight excluding hydrogens is 242 g/mol. The van der Waals surface area contributed by atoms with Gasteiger partial charge in [0.1, 0.15) is 5.60 Å². The number of amides is 1. The molecule has 1 aliphatic carbocycles. The highest BCUT2D eigenvalue weighted by Gasteiger charge is 2.31. The van der Waals surface area contributed by atoms with Gasteiger partial charge in [-0.2, -0.15) is 0 Å². The quantitative estimate of drug-likeness (QED) is 0.743. The van der Waals surface area contributed by atoms with Crippen LogP contribution in [0.2, 0.25) is 0 Å². The summed E-state index contributed by atoms with van der Waals surface area (Å²) in [5.41, 5.74) is -0.421. The summed E-state index contributed by atoms with van der Waals surface area (Å²) < 4.78 is 6.20. The van der Waals surface area contributed by atoms with E-state index in [1.807, 2.05) is 20.8 Å². The monoisotopic (exact) mass is 272 g/mol. The number of likely N-dealkylation sites (N-methyl/N-ethyl adjacent to an activating group) is 1. The molecule has 0 aromatic heterocycles. The maximum absolute atomic E-state index is 11.6. The van der Waals surface area contributed by atoms with Crippen molar-refractivity contribution >= 4 is 6.09 Å². The summed E-state index contributed by atoms with van der Waals surface area (Å²) >= 11 is 0. The van der Waals surface area contributed by atoms with E-state index in [2.05, 4.69) is 31.8 Å². The molecule has 1 saturated carbocycles. The van der Waals surface area contributed by atoms with E-state index in [0.717, 1.165) is 30.4 Å². The molecule has 0 atom stereocenters. The highest BCUT2D eigenvalue weighted by molar-refractivity contribution is 5.68. The summed E-state index contributed by atoms with van der Waals surface area (Å²) in [6, 6.07) is 0.794. The normalized spacial score (nSPS) is 23.7. The van der Waals surface area contributed by atoms with Crippen molar-refractivity contribution < 1.29 is 14.0 Å². The summed E-state index contributed by atoms with van der Waals surface area (Å²) in [6.45, 7) is 7.77. The van der Waals surface area contributed by atoms with Gasteiger partial charge in [0.2, 0.25) is 0 Å². The summed E-state index contributed by atoms with van der Waals surface area (Å²) in [4.78, 5) is 11.6. The van der Waals surface area contributed by atoms with Gasteiger partial charge in [-0.15, -0.1) is 0 Å². The summed E-state index contributed by atoms with van der Waals surface area (Å²) in [5, 5.41) is 6.42. The van der Waals surface area contributed by atoms with E-state index < -0.39 is 5.60 Å². The maximum atomic E-state index is 11.6. The van der Waals surface area contributed by atoms with Crippen molar-refractivity contribution in [2.45, 2.75) is 51.3 Å². The molecule has 0 heterocycles. The lowest BCUT2D eigenvalue weighted by Crippen LogP contribution is -2.54. The van der Waals surface area contributed by atoms with Crippen molar-refractivity contribution in [3.8, 4) is 0 Å².